The maximum absolute atomic E-state index is 14.6. The quantitative estimate of drug-likeness (QED) is 0.439. The van der Waals surface area contributed by atoms with Crippen LogP contribution in [-0.2, 0) is 19.1 Å². The minimum Gasteiger partial charge on any atom is -0.497 e. The third kappa shape index (κ3) is 4.47. The molecule has 0 radical (unpaired) electrons. The van der Waals surface area contributed by atoms with Gasteiger partial charge in [0.1, 0.15) is 11.8 Å². The highest BCUT2D eigenvalue weighted by molar-refractivity contribution is 8.02. The number of likely N-dealkylation sites (tertiary alicyclic amines) is 1. The fraction of sp³-hybridized carbons (Fsp3) is 0.567. The van der Waals surface area contributed by atoms with Crippen LogP contribution < -0.4 is 9.64 Å². The summed E-state index contributed by atoms with van der Waals surface area (Å²) in [5, 5.41) is 10.4. The van der Waals surface area contributed by atoms with Crippen molar-refractivity contribution < 1.29 is 29.0 Å². The van der Waals surface area contributed by atoms with E-state index in [0.717, 1.165) is 19.3 Å². The molecule has 210 valence electrons. The predicted octanol–water partition coefficient (Wildman–Crippen LogP) is 3.59. The number of rotatable bonds is 5. The van der Waals surface area contributed by atoms with E-state index in [9.17, 15) is 19.5 Å². The monoisotopic (exact) mass is 554 g/mol. The van der Waals surface area contributed by atoms with Crippen molar-refractivity contribution in [1.29, 1.82) is 0 Å². The number of anilines is 1. The zero-order valence-electron chi connectivity index (χ0n) is 23.0. The number of aliphatic hydroxyl groups excluding tert-OH is 1. The molecule has 1 aromatic rings. The van der Waals surface area contributed by atoms with Gasteiger partial charge in [-0.1, -0.05) is 38.2 Å². The zero-order valence-corrected chi connectivity index (χ0v) is 23.9. The van der Waals surface area contributed by atoms with Crippen molar-refractivity contribution in [2.45, 2.75) is 61.6 Å². The SMILES string of the molecule is COc1ccc(N2CC=C[C@]34S[C@]5(C)/C=C\CCCCOC(=O)[C@@H]5[C@H]3C(=O)N([C@@H](CO)C(C)C)C4C2=O)cc1. The first-order chi connectivity index (χ1) is 18.7. The molecule has 5 rings (SSSR count). The number of hydrogen-bond donors (Lipinski definition) is 1. The molecule has 4 aliphatic heterocycles. The van der Waals surface area contributed by atoms with Gasteiger partial charge in [-0.05, 0) is 56.4 Å². The van der Waals surface area contributed by atoms with Crippen LogP contribution in [0.15, 0.2) is 48.6 Å². The van der Waals surface area contributed by atoms with Crippen molar-refractivity contribution in [1.82, 2.24) is 4.90 Å². The first kappa shape index (κ1) is 27.8. The molecule has 1 unspecified atom stereocenters. The number of aliphatic hydroxyl groups is 1. The highest BCUT2D eigenvalue weighted by atomic mass is 32.2. The number of carbonyl (C=O) groups excluding carboxylic acids is 3. The number of esters is 1. The lowest BCUT2D eigenvalue weighted by atomic mass is 9.74. The van der Waals surface area contributed by atoms with Gasteiger partial charge < -0.3 is 24.4 Å². The van der Waals surface area contributed by atoms with Crippen LogP contribution in [-0.4, -0.2) is 76.2 Å². The summed E-state index contributed by atoms with van der Waals surface area (Å²) < 4.78 is 9.31. The molecular formula is C30H38N2O6S. The minimum atomic E-state index is -0.992. The highest BCUT2D eigenvalue weighted by Crippen LogP contribution is 2.65. The molecule has 1 N–H and O–H groups in total. The molecule has 0 aromatic heterocycles. The third-order valence-corrected chi connectivity index (χ3v) is 10.4. The van der Waals surface area contributed by atoms with Crippen LogP contribution >= 0.6 is 11.8 Å². The Morgan fingerprint density at radius 2 is 1.82 bits per heavy atom. The molecule has 1 spiro atoms. The number of thioether (sulfide) groups is 1. The summed E-state index contributed by atoms with van der Waals surface area (Å²) in [7, 11) is 1.59. The number of amides is 2. The Hall–Kier alpha value is -2.78. The van der Waals surface area contributed by atoms with Crippen LogP contribution in [0.2, 0.25) is 0 Å². The molecule has 0 bridgehead atoms. The van der Waals surface area contributed by atoms with E-state index in [1.807, 2.05) is 51.1 Å². The number of nitrogens with zero attached hydrogens (tertiary/aromatic N) is 2. The number of allylic oxidation sites excluding steroid dienone is 1. The van der Waals surface area contributed by atoms with Crippen molar-refractivity contribution >= 4 is 35.2 Å². The van der Waals surface area contributed by atoms with Gasteiger partial charge in [-0.3, -0.25) is 14.4 Å². The van der Waals surface area contributed by atoms with Gasteiger partial charge in [0.15, 0.2) is 0 Å². The predicted molar refractivity (Wildman–Crippen MR) is 150 cm³/mol. The van der Waals surface area contributed by atoms with Crippen LogP contribution in [0.3, 0.4) is 0 Å². The molecule has 1 aromatic carbocycles. The third-order valence-electron chi connectivity index (χ3n) is 8.64. The summed E-state index contributed by atoms with van der Waals surface area (Å²) in [4.78, 5) is 46.0. The van der Waals surface area contributed by atoms with Gasteiger partial charge in [0, 0.05) is 17.0 Å². The van der Waals surface area contributed by atoms with E-state index < -0.39 is 39.4 Å². The maximum atomic E-state index is 14.6. The second-order valence-electron chi connectivity index (χ2n) is 11.4. The van der Waals surface area contributed by atoms with Gasteiger partial charge in [0.05, 0.1) is 42.9 Å². The van der Waals surface area contributed by atoms with E-state index >= 15 is 0 Å². The smallest absolute Gasteiger partial charge is 0.311 e. The van der Waals surface area contributed by atoms with Crippen LogP contribution in [0.1, 0.15) is 40.0 Å². The summed E-state index contributed by atoms with van der Waals surface area (Å²) in [6, 6.07) is 5.80. The Balaban J connectivity index is 1.66. The Bertz CT molecular complexity index is 1180. The second-order valence-corrected chi connectivity index (χ2v) is 13.1. The molecular weight excluding hydrogens is 516 g/mol. The Kier molecular flexibility index (Phi) is 7.59. The van der Waals surface area contributed by atoms with E-state index in [1.54, 1.807) is 29.0 Å². The lowest BCUT2D eigenvalue weighted by molar-refractivity contribution is -0.155. The Morgan fingerprint density at radius 3 is 2.49 bits per heavy atom. The van der Waals surface area contributed by atoms with Gasteiger partial charge >= 0.3 is 5.97 Å². The van der Waals surface area contributed by atoms with Gasteiger partial charge in [-0.2, -0.15) is 0 Å². The standard InChI is InChI=1S/C30H38N2O6S/c1-19(2)22(18-33)32-25-27(35)31(20-10-12-21(37-4)13-11-20)16-9-15-30(25)23(26(32)34)24-28(36)38-17-8-6-5-7-14-29(24,3)39-30/h7,9-15,19,22-25,33H,5-6,8,16-18H2,1-4H3/b14-7-/t22-,23-,24-,25?,29+,30-/m0/s1. The average molecular weight is 555 g/mol. The topological polar surface area (TPSA) is 96.4 Å². The van der Waals surface area contributed by atoms with Crippen LogP contribution in [0.4, 0.5) is 5.69 Å². The summed E-state index contributed by atoms with van der Waals surface area (Å²) in [5.74, 6) is -1.86. The molecule has 6 atom stereocenters. The molecule has 2 fully saturated rings. The number of carbonyl (C=O) groups is 3. The summed E-state index contributed by atoms with van der Waals surface area (Å²) >= 11 is 1.52. The second kappa shape index (κ2) is 10.7. The van der Waals surface area contributed by atoms with Crippen molar-refractivity contribution in [3.63, 3.8) is 0 Å². The molecule has 4 aliphatic rings. The van der Waals surface area contributed by atoms with Gasteiger partial charge in [-0.15, -0.1) is 11.8 Å². The first-order valence-electron chi connectivity index (χ1n) is 13.8. The molecule has 2 amide bonds. The molecule has 9 heteroatoms. The molecule has 0 aliphatic carbocycles. The highest BCUT2D eigenvalue weighted by Gasteiger charge is 2.74. The lowest BCUT2D eigenvalue weighted by Gasteiger charge is -2.41. The zero-order chi connectivity index (χ0) is 27.9. The number of fused-ring (bicyclic) bond motifs is 2. The number of cyclic esters (lactones) is 1. The fourth-order valence-corrected chi connectivity index (χ4v) is 8.85. The maximum Gasteiger partial charge on any atom is 0.311 e. The van der Waals surface area contributed by atoms with Gasteiger partial charge in [0.25, 0.3) is 5.91 Å². The van der Waals surface area contributed by atoms with E-state index in [-0.39, 0.29) is 24.3 Å². The molecule has 0 saturated carbocycles. The number of benzene rings is 1. The normalized spacial score (nSPS) is 34.2. The van der Waals surface area contributed by atoms with E-state index in [2.05, 4.69) is 6.08 Å². The summed E-state index contributed by atoms with van der Waals surface area (Å²) in [5.41, 5.74) is 0.691. The number of methoxy groups -OCH3 is 1. The van der Waals surface area contributed by atoms with Crippen LogP contribution in [0, 0.1) is 17.8 Å². The lowest BCUT2D eigenvalue weighted by Crippen LogP contribution is -2.58. The fourth-order valence-electron chi connectivity index (χ4n) is 6.71. The Morgan fingerprint density at radius 1 is 1.08 bits per heavy atom. The molecule has 2 saturated heterocycles. The van der Waals surface area contributed by atoms with E-state index in [0.29, 0.717) is 24.6 Å². The molecule has 8 nitrogen and oxygen atoms in total. The average Bonchev–Trinajstić information content (AvgIpc) is 3.24. The van der Waals surface area contributed by atoms with Crippen LogP contribution in [0.5, 0.6) is 5.75 Å². The minimum absolute atomic E-state index is 0.100. The van der Waals surface area contributed by atoms with Crippen LogP contribution in [0.25, 0.3) is 0 Å². The first-order valence-corrected chi connectivity index (χ1v) is 14.6. The molecule has 4 heterocycles. The number of ether oxygens (including phenoxy) is 2. The van der Waals surface area contributed by atoms with Crippen molar-refractivity contribution in [2.75, 3.05) is 31.8 Å². The number of hydrogen-bond acceptors (Lipinski definition) is 7. The van der Waals surface area contributed by atoms with Crippen molar-refractivity contribution in [3.05, 3.63) is 48.6 Å². The Labute approximate surface area is 234 Å². The van der Waals surface area contributed by atoms with Crippen molar-refractivity contribution in [2.24, 2.45) is 17.8 Å². The van der Waals surface area contributed by atoms with E-state index in [4.69, 9.17) is 9.47 Å². The van der Waals surface area contributed by atoms with Crippen molar-refractivity contribution in [3.8, 4) is 5.75 Å². The molecule has 39 heavy (non-hydrogen) atoms. The van der Waals surface area contributed by atoms with Gasteiger partial charge in [0.2, 0.25) is 5.91 Å². The van der Waals surface area contributed by atoms with Gasteiger partial charge in [-0.25, -0.2) is 0 Å². The van der Waals surface area contributed by atoms with E-state index in [1.165, 1.54) is 11.8 Å². The summed E-state index contributed by atoms with van der Waals surface area (Å²) in [6.45, 7) is 6.22. The summed E-state index contributed by atoms with van der Waals surface area (Å²) in [6.07, 6.45) is 10.6. The largest absolute Gasteiger partial charge is 0.497 e.